The van der Waals surface area contributed by atoms with Crippen LogP contribution in [-0.4, -0.2) is 91.6 Å². The fourth-order valence-electron chi connectivity index (χ4n) is 4.32. The van der Waals surface area contributed by atoms with Gasteiger partial charge in [-0.3, -0.25) is 4.90 Å². The predicted molar refractivity (Wildman–Crippen MR) is 147 cm³/mol. The summed E-state index contributed by atoms with van der Waals surface area (Å²) in [4.78, 5) is 19.3. The van der Waals surface area contributed by atoms with Gasteiger partial charge in [-0.05, 0) is 37.2 Å². The van der Waals surface area contributed by atoms with Gasteiger partial charge in [-0.2, -0.15) is 0 Å². The van der Waals surface area contributed by atoms with E-state index in [-0.39, 0.29) is 24.0 Å². The molecule has 2 saturated heterocycles. The molecule has 0 radical (unpaired) electrons. The van der Waals surface area contributed by atoms with Gasteiger partial charge in [0, 0.05) is 71.6 Å². The summed E-state index contributed by atoms with van der Waals surface area (Å²) in [5, 5.41) is 3.50. The van der Waals surface area contributed by atoms with Gasteiger partial charge < -0.3 is 20.0 Å². The maximum Gasteiger partial charge on any atom is 0.194 e. The van der Waals surface area contributed by atoms with E-state index >= 15 is 0 Å². The highest BCUT2D eigenvalue weighted by Crippen LogP contribution is 2.16. The maximum absolute atomic E-state index is 4.97. The van der Waals surface area contributed by atoms with Crippen molar-refractivity contribution in [1.29, 1.82) is 0 Å². The summed E-state index contributed by atoms with van der Waals surface area (Å²) in [7, 11) is 2.18. The smallest absolute Gasteiger partial charge is 0.194 e. The minimum atomic E-state index is 0. The number of aliphatic imine (C=N–C) groups is 1. The van der Waals surface area contributed by atoms with E-state index in [0.717, 1.165) is 77.2 Å². The average molecular weight is 564 g/mol. The number of benzene rings is 1. The fraction of sp³-hybridized carbons (Fsp3) is 0.520. The van der Waals surface area contributed by atoms with Crippen LogP contribution in [0.3, 0.4) is 0 Å². The van der Waals surface area contributed by atoms with Crippen LogP contribution in [0.1, 0.15) is 18.1 Å². The molecule has 0 spiro atoms. The third-order valence-electron chi connectivity index (χ3n) is 6.30. The second-order valence-electron chi connectivity index (χ2n) is 8.73. The van der Waals surface area contributed by atoms with Crippen molar-refractivity contribution in [3.63, 3.8) is 0 Å². The van der Waals surface area contributed by atoms with Crippen LogP contribution in [0.5, 0.6) is 0 Å². The third kappa shape index (κ3) is 7.55. The molecule has 0 bridgehead atoms. The lowest BCUT2D eigenvalue weighted by atomic mass is 10.2. The van der Waals surface area contributed by atoms with Gasteiger partial charge in [0.25, 0.3) is 0 Å². The average Bonchev–Trinajstić information content (AvgIpc) is 2.84. The lowest BCUT2D eigenvalue weighted by Gasteiger charge is -2.36. The van der Waals surface area contributed by atoms with Crippen molar-refractivity contribution < 1.29 is 0 Å². The minimum Gasteiger partial charge on any atom is -0.357 e. The van der Waals surface area contributed by atoms with Gasteiger partial charge >= 0.3 is 0 Å². The number of aromatic nitrogens is 1. The zero-order valence-corrected chi connectivity index (χ0v) is 22.3. The number of guanidine groups is 1. The van der Waals surface area contributed by atoms with Gasteiger partial charge in [-0.25, -0.2) is 9.98 Å². The molecule has 1 N–H and O–H groups in total. The number of halogens is 1. The van der Waals surface area contributed by atoms with Gasteiger partial charge in [0.05, 0.1) is 6.54 Å². The van der Waals surface area contributed by atoms with E-state index in [9.17, 15) is 0 Å². The molecule has 0 aliphatic carbocycles. The van der Waals surface area contributed by atoms with Crippen molar-refractivity contribution in [3.05, 3.63) is 59.8 Å². The summed E-state index contributed by atoms with van der Waals surface area (Å²) < 4.78 is 0. The van der Waals surface area contributed by atoms with Crippen molar-refractivity contribution in [3.8, 4) is 0 Å². The van der Waals surface area contributed by atoms with Crippen LogP contribution in [0.25, 0.3) is 0 Å². The molecule has 0 unspecified atom stereocenters. The molecule has 1 aromatic heterocycles. The Bertz CT molecular complexity index is 860. The van der Waals surface area contributed by atoms with Gasteiger partial charge in [0.2, 0.25) is 0 Å². The second-order valence-corrected chi connectivity index (χ2v) is 8.73. The lowest BCUT2D eigenvalue weighted by Crippen LogP contribution is -2.52. The third-order valence-corrected chi connectivity index (χ3v) is 6.30. The van der Waals surface area contributed by atoms with Crippen LogP contribution < -0.4 is 10.2 Å². The molecule has 7 nitrogen and oxygen atoms in total. The Hall–Kier alpha value is -1.91. The quantitative estimate of drug-likeness (QED) is 0.332. The first-order chi connectivity index (χ1) is 15.7. The van der Waals surface area contributed by atoms with Crippen LogP contribution in [-0.2, 0) is 13.1 Å². The van der Waals surface area contributed by atoms with E-state index in [1.165, 1.54) is 11.1 Å². The molecular formula is C25H38IN7. The molecule has 2 aliphatic rings. The molecule has 0 saturated carbocycles. The van der Waals surface area contributed by atoms with Crippen molar-refractivity contribution in [1.82, 2.24) is 25.0 Å². The first kappa shape index (κ1) is 25.7. The molecule has 4 rings (SSSR count). The molecule has 2 aliphatic heterocycles. The molecule has 0 atom stereocenters. The fourth-order valence-corrected chi connectivity index (χ4v) is 4.32. The molecule has 33 heavy (non-hydrogen) atoms. The Kier molecular flexibility index (Phi) is 10.2. The van der Waals surface area contributed by atoms with Crippen molar-refractivity contribution in [2.45, 2.75) is 20.0 Å². The number of hydrogen-bond donors (Lipinski definition) is 1. The summed E-state index contributed by atoms with van der Waals surface area (Å²) in [5.41, 5.74) is 2.60. The van der Waals surface area contributed by atoms with Crippen molar-refractivity contribution in [2.75, 3.05) is 70.9 Å². The Morgan fingerprint density at radius 1 is 0.939 bits per heavy atom. The highest BCUT2D eigenvalue weighted by molar-refractivity contribution is 14.0. The summed E-state index contributed by atoms with van der Waals surface area (Å²) in [6, 6.07) is 15.0. The molecule has 180 valence electrons. The normalized spacial score (nSPS) is 18.2. The van der Waals surface area contributed by atoms with Crippen LogP contribution in [0.15, 0.2) is 53.7 Å². The Morgan fingerprint density at radius 3 is 2.36 bits per heavy atom. The summed E-state index contributed by atoms with van der Waals surface area (Å²) in [6.07, 6.45) is 1.92. The monoisotopic (exact) mass is 563 g/mol. The van der Waals surface area contributed by atoms with E-state index < -0.39 is 0 Å². The number of pyridine rings is 1. The summed E-state index contributed by atoms with van der Waals surface area (Å²) in [6.45, 7) is 13.1. The molecular weight excluding hydrogens is 525 g/mol. The van der Waals surface area contributed by atoms with E-state index in [1.807, 2.05) is 6.20 Å². The predicted octanol–water partition coefficient (Wildman–Crippen LogP) is 2.73. The summed E-state index contributed by atoms with van der Waals surface area (Å²) in [5.74, 6) is 2.09. The van der Waals surface area contributed by atoms with Gasteiger partial charge in [0.1, 0.15) is 5.82 Å². The molecule has 0 amide bonds. The number of hydrogen-bond acceptors (Lipinski definition) is 5. The Labute approximate surface area is 215 Å². The van der Waals surface area contributed by atoms with E-state index in [2.05, 4.69) is 86.3 Å². The van der Waals surface area contributed by atoms with Crippen molar-refractivity contribution in [2.24, 2.45) is 4.99 Å². The first-order valence-corrected chi connectivity index (χ1v) is 11.9. The van der Waals surface area contributed by atoms with Crippen molar-refractivity contribution >= 4 is 35.8 Å². The Morgan fingerprint density at radius 2 is 1.67 bits per heavy atom. The van der Waals surface area contributed by atoms with Crippen LogP contribution in [0.2, 0.25) is 0 Å². The SMILES string of the molecule is CCNC(=NCc1ccnc(N2CCN(C)CC2)c1)N1CCN(Cc2ccccc2)CC1.I. The highest BCUT2D eigenvalue weighted by Gasteiger charge is 2.20. The largest absolute Gasteiger partial charge is 0.357 e. The molecule has 2 fully saturated rings. The number of nitrogens with zero attached hydrogens (tertiary/aromatic N) is 6. The molecule has 8 heteroatoms. The second kappa shape index (κ2) is 13.1. The Balaban J connectivity index is 0.00000306. The first-order valence-electron chi connectivity index (χ1n) is 11.9. The summed E-state index contributed by atoms with van der Waals surface area (Å²) >= 11 is 0. The van der Waals surface area contributed by atoms with Gasteiger partial charge in [0.15, 0.2) is 5.96 Å². The standard InChI is InChI=1S/C25H37N7.HI/c1-3-26-25(32-17-13-30(14-18-32)21-22-7-5-4-6-8-22)28-20-23-9-10-27-24(19-23)31-15-11-29(2)12-16-31;/h4-10,19H,3,11-18,20-21H2,1-2H3,(H,26,28);1H. The highest BCUT2D eigenvalue weighted by atomic mass is 127. The van der Waals surface area contributed by atoms with Crippen LogP contribution in [0.4, 0.5) is 5.82 Å². The number of piperazine rings is 2. The minimum absolute atomic E-state index is 0. The van der Waals surface area contributed by atoms with Gasteiger partial charge in [-0.15, -0.1) is 24.0 Å². The number of rotatable bonds is 6. The van der Waals surface area contributed by atoms with E-state index in [4.69, 9.17) is 4.99 Å². The molecule has 3 heterocycles. The number of anilines is 1. The maximum atomic E-state index is 4.97. The zero-order valence-electron chi connectivity index (χ0n) is 20.0. The van der Waals surface area contributed by atoms with E-state index in [1.54, 1.807) is 0 Å². The van der Waals surface area contributed by atoms with Crippen LogP contribution >= 0.6 is 24.0 Å². The molecule has 1 aromatic carbocycles. The molecule has 2 aromatic rings. The lowest BCUT2D eigenvalue weighted by molar-refractivity contribution is 0.172. The number of likely N-dealkylation sites (N-methyl/N-ethyl adjacent to an activating group) is 1. The zero-order chi connectivity index (χ0) is 22.2. The van der Waals surface area contributed by atoms with E-state index in [0.29, 0.717) is 6.54 Å². The topological polar surface area (TPSA) is 50.2 Å². The van der Waals surface area contributed by atoms with Crippen LogP contribution in [0, 0.1) is 0 Å². The number of nitrogens with one attached hydrogen (secondary N) is 1. The van der Waals surface area contributed by atoms with Gasteiger partial charge in [-0.1, -0.05) is 30.3 Å².